The lowest BCUT2D eigenvalue weighted by molar-refractivity contribution is 0.0940. The van der Waals surface area contributed by atoms with Crippen LogP contribution in [0.5, 0.6) is 0 Å². The average Bonchev–Trinajstić information content (AvgIpc) is 2.82. The average molecular weight is 342 g/mol. The summed E-state index contributed by atoms with van der Waals surface area (Å²) in [4.78, 5) is 21.3. The van der Waals surface area contributed by atoms with E-state index in [1.54, 1.807) is 0 Å². The van der Waals surface area contributed by atoms with Crippen molar-refractivity contribution >= 4 is 11.7 Å². The van der Waals surface area contributed by atoms with E-state index >= 15 is 0 Å². The molecule has 25 heavy (non-hydrogen) atoms. The highest BCUT2D eigenvalue weighted by Crippen LogP contribution is 2.23. The van der Waals surface area contributed by atoms with Crippen LogP contribution in [0.3, 0.4) is 0 Å². The Morgan fingerprint density at radius 2 is 2.00 bits per heavy atom. The predicted molar refractivity (Wildman–Crippen MR) is 97.1 cm³/mol. The number of nitrogens with zero attached hydrogens (tertiary/aromatic N) is 4. The summed E-state index contributed by atoms with van der Waals surface area (Å²) in [5.74, 6) is 1.53. The van der Waals surface area contributed by atoms with Crippen molar-refractivity contribution in [2.45, 2.75) is 53.5 Å². The molecule has 0 saturated carbocycles. The SMILES string of the molecule is Cc1nn(CCNc2nc(C(C)C)nc3c2CCNC3=O)c(C)c1C. The zero-order chi connectivity index (χ0) is 18.1. The molecule has 1 amide bonds. The highest BCUT2D eigenvalue weighted by molar-refractivity contribution is 5.96. The Bertz CT molecular complexity index is 808. The molecule has 7 nitrogen and oxygen atoms in total. The number of aromatic nitrogens is 4. The van der Waals surface area contributed by atoms with E-state index in [4.69, 9.17) is 0 Å². The summed E-state index contributed by atoms with van der Waals surface area (Å²) in [6, 6.07) is 0. The summed E-state index contributed by atoms with van der Waals surface area (Å²) < 4.78 is 2.02. The van der Waals surface area contributed by atoms with Gasteiger partial charge in [0.2, 0.25) is 0 Å². The van der Waals surface area contributed by atoms with Gasteiger partial charge in [-0.2, -0.15) is 5.10 Å². The molecular formula is C18H26N6O. The predicted octanol–water partition coefficient (Wildman–Crippen LogP) is 2.12. The molecule has 0 radical (unpaired) electrons. The Labute approximate surface area is 148 Å². The van der Waals surface area contributed by atoms with Crippen molar-refractivity contribution in [1.82, 2.24) is 25.1 Å². The molecule has 3 rings (SSSR count). The lowest BCUT2D eigenvalue weighted by atomic mass is 10.1. The standard InChI is InChI=1S/C18H26N6O/c1-10(2)16-21-15-14(6-7-20-18(15)25)17(22-16)19-8-9-24-13(5)11(3)12(4)23-24/h10H,6-9H2,1-5H3,(H,20,25)(H,19,21,22). The number of amides is 1. The second kappa shape index (κ2) is 6.82. The summed E-state index contributed by atoms with van der Waals surface area (Å²) in [7, 11) is 0. The molecule has 1 aliphatic rings. The van der Waals surface area contributed by atoms with Gasteiger partial charge < -0.3 is 10.6 Å². The Morgan fingerprint density at radius 1 is 1.24 bits per heavy atom. The number of fused-ring (bicyclic) bond motifs is 1. The third-order valence-electron chi connectivity index (χ3n) is 4.78. The molecule has 0 spiro atoms. The molecule has 0 aromatic carbocycles. The van der Waals surface area contributed by atoms with Crippen molar-refractivity contribution in [3.8, 4) is 0 Å². The van der Waals surface area contributed by atoms with Crippen LogP contribution in [0.15, 0.2) is 0 Å². The van der Waals surface area contributed by atoms with E-state index < -0.39 is 0 Å². The van der Waals surface area contributed by atoms with Gasteiger partial charge in [0.15, 0.2) is 0 Å². The molecule has 0 atom stereocenters. The number of carbonyl (C=O) groups is 1. The molecule has 2 aromatic rings. The fourth-order valence-electron chi connectivity index (χ4n) is 3.00. The second-order valence-electron chi connectivity index (χ2n) is 6.86. The van der Waals surface area contributed by atoms with Gasteiger partial charge in [0.25, 0.3) is 5.91 Å². The Balaban J connectivity index is 1.81. The summed E-state index contributed by atoms with van der Waals surface area (Å²) in [5, 5.41) is 10.8. The zero-order valence-electron chi connectivity index (χ0n) is 15.6. The highest BCUT2D eigenvalue weighted by Gasteiger charge is 2.24. The maximum atomic E-state index is 12.1. The van der Waals surface area contributed by atoms with Crippen LogP contribution in [0.1, 0.15) is 58.6 Å². The van der Waals surface area contributed by atoms with E-state index in [0.717, 1.165) is 30.0 Å². The maximum Gasteiger partial charge on any atom is 0.270 e. The third-order valence-corrected chi connectivity index (χ3v) is 4.78. The maximum absolute atomic E-state index is 12.1. The Morgan fingerprint density at radius 3 is 2.64 bits per heavy atom. The normalized spacial score (nSPS) is 13.8. The van der Waals surface area contributed by atoms with Gasteiger partial charge in [-0.15, -0.1) is 0 Å². The van der Waals surface area contributed by atoms with Gasteiger partial charge in [-0.05, 0) is 32.8 Å². The number of hydrogen-bond acceptors (Lipinski definition) is 5. The molecule has 2 N–H and O–H groups in total. The van der Waals surface area contributed by atoms with Gasteiger partial charge in [-0.3, -0.25) is 9.48 Å². The van der Waals surface area contributed by atoms with Crippen LogP contribution in [-0.4, -0.2) is 38.7 Å². The lowest BCUT2D eigenvalue weighted by Gasteiger charge is -2.21. The molecule has 3 heterocycles. The largest absolute Gasteiger partial charge is 0.368 e. The minimum Gasteiger partial charge on any atom is -0.368 e. The highest BCUT2D eigenvalue weighted by atomic mass is 16.1. The van der Waals surface area contributed by atoms with E-state index in [1.807, 2.05) is 25.5 Å². The monoisotopic (exact) mass is 342 g/mol. The molecule has 2 aromatic heterocycles. The number of anilines is 1. The first-order valence-corrected chi connectivity index (χ1v) is 8.82. The Kier molecular flexibility index (Phi) is 4.74. The second-order valence-corrected chi connectivity index (χ2v) is 6.86. The molecule has 0 aliphatic carbocycles. The van der Waals surface area contributed by atoms with E-state index in [-0.39, 0.29) is 11.8 Å². The van der Waals surface area contributed by atoms with Crippen LogP contribution in [0.2, 0.25) is 0 Å². The van der Waals surface area contributed by atoms with E-state index in [0.29, 0.717) is 24.6 Å². The van der Waals surface area contributed by atoms with Crippen LogP contribution in [0.4, 0.5) is 5.82 Å². The van der Waals surface area contributed by atoms with Gasteiger partial charge in [-0.25, -0.2) is 9.97 Å². The summed E-state index contributed by atoms with van der Waals surface area (Å²) >= 11 is 0. The summed E-state index contributed by atoms with van der Waals surface area (Å²) in [5.41, 5.74) is 4.91. The minimum atomic E-state index is -0.109. The molecule has 134 valence electrons. The number of rotatable bonds is 5. The smallest absolute Gasteiger partial charge is 0.270 e. The molecule has 1 aliphatic heterocycles. The molecule has 0 unspecified atom stereocenters. The summed E-state index contributed by atoms with van der Waals surface area (Å²) in [6.45, 7) is 12.4. The topological polar surface area (TPSA) is 84.7 Å². The number of aryl methyl sites for hydroxylation is 1. The first kappa shape index (κ1) is 17.4. The van der Waals surface area contributed by atoms with Crippen LogP contribution in [-0.2, 0) is 13.0 Å². The van der Waals surface area contributed by atoms with Crippen molar-refractivity contribution in [3.05, 3.63) is 34.0 Å². The van der Waals surface area contributed by atoms with Crippen LogP contribution < -0.4 is 10.6 Å². The van der Waals surface area contributed by atoms with Gasteiger partial charge in [-0.1, -0.05) is 13.8 Å². The fourth-order valence-corrected chi connectivity index (χ4v) is 3.00. The first-order valence-electron chi connectivity index (χ1n) is 8.82. The number of carbonyl (C=O) groups excluding carboxylic acids is 1. The van der Waals surface area contributed by atoms with Crippen molar-refractivity contribution in [2.75, 3.05) is 18.4 Å². The quantitative estimate of drug-likeness (QED) is 0.869. The van der Waals surface area contributed by atoms with Crippen LogP contribution >= 0.6 is 0 Å². The zero-order valence-corrected chi connectivity index (χ0v) is 15.6. The van der Waals surface area contributed by atoms with Crippen molar-refractivity contribution in [1.29, 1.82) is 0 Å². The van der Waals surface area contributed by atoms with Gasteiger partial charge >= 0.3 is 0 Å². The van der Waals surface area contributed by atoms with Crippen molar-refractivity contribution in [3.63, 3.8) is 0 Å². The molecular weight excluding hydrogens is 316 g/mol. The Hall–Kier alpha value is -2.44. The first-order chi connectivity index (χ1) is 11.9. The van der Waals surface area contributed by atoms with Crippen LogP contribution in [0.25, 0.3) is 0 Å². The molecule has 0 saturated heterocycles. The lowest BCUT2D eigenvalue weighted by Crippen LogP contribution is -2.34. The number of nitrogens with one attached hydrogen (secondary N) is 2. The fraction of sp³-hybridized carbons (Fsp3) is 0.556. The van der Waals surface area contributed by atoms with Gasteiger partial charge in [0.05, 0.1) is 12.2 Å². The van der Waals surface area contributed by atoms with Crippen molar-refractivity contribution < 1.29 is 4.79 Å². The van der Waals surface area contributed by atoms with Gasteiger partial charge in [0.1, 0.15) is 17.3 Å². The minimum absolute atomic E-state index is 0.109. The third kappa shape index (κ3) is 3.36. The van der Waals surface area contributed by atoms with E-state index in [1.165, 1.54) is 11.3 Å². The van der Waals surface area contributed by atoms with Crippen molar-refractivity contribution in [2.24, 2.45) is 0 Å². The number of hydrogen-bond donors (Lipinski definition) is 2. The molecule has 0 bridgehead atoms. The molecule has 0 fully saturated rings. The van der Waals surface area contributed by atoms with E-state index in [9.17, 15) is 4.79 Å². The van der Waals surface area contributed by atoms with Gasteiger partial charge in [0, 0.05) is 30.3 Å². The summed E-state index contributed by atoms with van der Waals surface area (Å²) in [6.07, 6.45) is 0.751. The van der Waals surface area contributed by atoms with Crippen LogP contribution in [0, 0.1) is 20.8 Å². The van der Waals surface area contributed by atoms with E-state index in [2.05, 4.69) is 39.5 Å². The molecule has 7 heteroatoms.